The Morgan fingerprint density at radius 2 is 1.96 bits per heavy atom. The molecule has 0 radical (unpaired) electrons. The Labute approximate surface area is 142 Å². The number of nitrogens with one attached hydrogen (secondary N) is 1. The number of carbonyl (C=O) groups excluding carboxylic acids is 2. The monoisotopic (exact) mass is 357 g/mol. The molecule has 1 atom stereocenters. The molecule has 0 bridgehead atoms. The van der Waals surface area contributed by atoms with E-state index in [1.54, 1.807) is 12.1 Å². The predicted octanol–water partition coefficient (Wildman–Crippen LogP) is 1.58. The SMILES string of the molecule is CCCCc1ccccc1C(=O)N[C@@H](CCS(=O)(=O)O)C(=O)OC. The number of benzene rings is 1. The fraction of sp³-hybridized carbons (Fsp3) is 0.500. The summed E-state index contributed by atoms with van der Waals surface area (Å²) in [5.74, 6) is -1.89. The van der Waals surface area contributed by atoms with E-state index in [4.69, 9.17) is 4.55 Å². The summed E-state index contributed by atoms with van der Waals surface area (Å²) in [5.41, 5.74) is 1.29. The quantitative estimate of drug-likeness (QED) is 0.513. The van der Waals surface area contributed by atoms with Gasteiger partial charge in [-0.05, 0) is 30.9 Å². The minimum absolute atomic E-state index is 0.269. The van der Waals surface area contributed by atoms with Gasteiger partial charge in [0.05, 0.1) is 12.9 Å². The van der Waals surface area contributed by atoms with E-state index in [2.05, 4.69) is 10.1 Å². The average molecular weight is 357 g/mol. The summed E-state index contributed by atoms with van der Waals surface area (Å²) >= 11 is 0. The van der Waals surface area contributed by atoms with Gasteiger partial charge >= 0.3 is 5.97 Å². The van der Waals surface area contributed by atoms with E-state index in [0.29, 0.717) is 5.56 Å². The van der Waals surface area contributed by atoms with Crippen molar-refractivity contribution in [2.24, 2.45) is 0 Å². The zero-order chi connectivity index (χ0) is 18.2. The van der Waals surface area contributed by atoms with Crippen LogP contribution in [0.1, 0.15) is 42.1 Å². The summed E-state index contributed by atoms with van der Waals surface area (Å²) in [5, 5.41) is 2.48. The van der Waals surface area contributed by atoms with Crippen molar-refractivity contribution >= 4 is 22.0 Å². The third-order valence-corrected chi connectivity index (χ3v) is 4.27. The predicted molar refractivity (Wildman–Crippen MR) is 89.4 cm³/mol. The minimum Gasteiger partial charge on any atom is -0.467 e. The molecule has 0 heterocycles. The molecule has 1 aromatic rings. The van der Waals surface area contributed by atoms with Crippen LogP contribution in [0, 0.1) is 0 Å². The molecule has 8 heteroatoms. The zero-order valence-electron chi connectivity index (χ0n) is 13.8. The molecule has 0 saturated heterocycles. The van der Waals surface area contributed by atoms with Crippen molar-refractivity contribution in [3.8, 4) is 0 Å². The first-order valence-corrected chi connectivity index (χ1v) is 9.31. The van der Waals surface area contributed by atoms with Gasteiger partial charge in [-0.25, -0.2) is 4.79 Å². The zero-order valence-corrected chi connectivity index (χ0v) is 14.6. The number of rotatable bonds is 9. The van der Waals surface area contributed by atoms with Gasteiger partial charge in [0.15, 0.2) is 0 Å². The molecular weight excluding hydrogens is 334 g/mol. The van der Waals surface area contributed by atoms with Gasteiger partial charge in [0.1, 0.15) is 6.04 Å². The van der Waals surface area contributed by atoms with E-state index in [-0.39, 0.29) is 6.42 Å². The van der Waals surface area contributed by atoms with E-state index in [1.807, 2.05) is 19.1 Å². The number of hydrogen-bond acceptors (Lipinski definition) is 5. The van der Waals surface area contributed by atoms with E-state index in [0.717, 1.165) is 31.9 Å². The van der Waals surface area contributed by atoms with Crippen LogP contribution in [0.5, 0.6) is 0 Å². The Bertz CT molecular complexity index is 671. The van der Waals surface area contributed by atoms with Gasteiger partial charge in [-0.15, -0.1) is 0 Å². The Morgan fingerprint density at radius 3 is 2.54 bits per heavy atom. The molecule has 134 valence electrons. The topological polar surface area (TPSA) is 110 Å². The van der Waals surface area contributed by atoms with Crippen molar-refractivity contribution in [1.29, 1.82) is 0 Å². The molecule has 0 aliphatic rings. The minimum atomic E-state index is -4.24. The Hall–Kier alpha value is -1.93. The second kappa shape index (κ2) is 9.39. The Balaban J connectivity index is 2.90. The lowest BCUT2D eigenvalue weighted by Crippen LogP contribution is -2.42. The van der Waals surface area contributed by atoms with Crippen LogP contribution in [0.2, 0.25) is 0 Å². The molecule has 7 nitrogen and oxygen atoms in total. The van der Waals surface area contributed by atoms with Crippen LogP contribution in [-0.2, 0) is 26.1 Å². The highest BCUT2D eigenvalue weighted by Crippen LogP contribution is 2.13. The van der Waals surface area contributed by atoms with Crippen LogP contribution in [0.15, 0.2) is 24.3 Å². The van der Waals surface area contributed by atoms with Crippen molar-refractivity contribution < 1.29 is 27.3 Å². The first-order valence-electron chi connectivity index (χ1n) is 7.70. The standard InChI is InChI=1S/C16H23NO6S/c1-3-4-7-12-8-5-6-9-13(12)15(18)17-14(16(19)23-2)10-11-24(20,21)22/h5-6,8-9,14H,3-4,7,10-11H2,1-2H3,(H,17,18)(H,20,21,22)/t14-/m0/s1. The number of hydrogen-bond donors (Lipinski definition) is 2. The van der Waals surface area contributed by atoms with E-state index >= 15 is 0 Å². The lowest BCUT2D eigenvalue weighted by atomic mass is 10.0. The highest BCUT2D eigenvalue weighted by atomic mass is 32.2. The van der Waals surface area contributed by atoms with Crippen molar-refractivity contribution in [3.05, 3.63) is 35.4 Å². The molecule has 1 aromatic carbocycles. The highest BCUT2D eigenvalue weighted by Gasteiger charge is 2.24. The molecule has 0 aliphatic carbocycles. The van der Waals surface area contributed by atoms with Gasteiger partial charge in [-0.2, -0.15) is 8.42 Å². The van der Waals surface area contributed by atoms with E-state index in [9.17, 15) is 18.0 Å². The summed E-state index contributed by atoms with van der Waals surface area (Å²) < 4.78 is 35.1. The molecule has 1 amide bonds. The number of methoxy groups -OCH3 is 1. The first-order chi connectivity index (χ1) is 11.3. The maximum absolute atomic E-state index is 12.5. The molecule has 0 aromatic heterocycles. The van der Waals surface area contributed by atoms with Crippen LogP contribution in [-0.4, -0.2) is 43.8 Å². The number of ether oxygens (including phenoxy) is 1. The third kappa shape index (κ3) is 6.67. The molecule has 1 rings (SSSR count). The van der Waals surface area contributed by atoms with Crippen molar-refractivity contribution in [2.75, 3.05) is 12.9 Å². The number of aryl methyl sites for hydroxylation is 1. The van der Waals surface area contributed by atoms with Gasteiger partial charge in [-0.3, -0.25) is 9.35 Å². The van der Waals surface area contributed by atoms with Gasteiger partial charge < -0.3 is 10.1 Å². The number of carbonyl (C=O) groups is 2. The van der Waals surface area contributed by atoms with E-state index < -0.39 is 33.8 Å². The van der Waals surface area contributed by atoms with E-state index in [1.165, 1.54) is 0 Å². The number of amides is 1. The van der Waals surface area contributed by atoms with Crippen LogP contribution >= 0.6 is 0 Å². The van der Waals surface area contributed by atoms with Crippen molar-refractivity contribution in [3.63, 3.8) is 0 Å². The highest BCUT2D eigenvalue weighted by molar-refractivity contribution is 7.85. The summed E-state index contributed by atoms with van der Waals surface area (Å²) in [6.07, 6.45) is 2.37. The normalized spacial score (nSPS) is 12.5. The molecular formula is C16H23NO6S. The smallest absolute Gasteiger partial charge is 0.328 e. The Kier molecular flexibility index (Phi) is 7.87. The van der Waals surface area contributed by atoms with Gasteiger partial charge in [0.2, 0.25) is 0 Å². The second-order valence-electron chi connectivity index (χ2n) is 5.38. The maximum Gasteiger partial charge on any atom is 0.328 e. The molecule has 0 fully saturated rings. The fourth-order valence-corrected chi connectivity index (χ4v) is 2.75. The third-order valence-electron chi connectivity index (χ3n) is 3.52. The van der Waals surface area contributed by atoms with Crippen LogP contribution in [0.3, 0.4) is 0 Å². The molecule has 0 unspecified atom stereocenters. The van der Waals surface area contributed by atoms with Gasteiger partial charge in [-0.1, -0.05) is 31.5 Å². The molecule has 24 heavy (non-hydrogen) atoms. The van der Waals surface area contributed by atoms with Gasteiger partial charge in [0, 0.05) is 5.56 Å². The summed E-state index contributed by atoms with van der Waals surface area (Å²) in [6, 6.07) is 5.89. The number of unbranched alkanes of at least 4 members (excludes halogenated alkanes) is 1. The summed E-state index contributed by atoms with van der Waals surface area (Å²) in [7, 11) is -3.10. The molecule has 0 aliphatic heterocycles. The first kappa shape index (κ1) is 20.1. The average Bonchev–Trinajstić information content (AvgIpc) is 2.55. The fourth-order valence-electron chi connectivity index (χ4n) is 2.22. The largest absolute Gasteiger partial charge is 0.467 e. The van der Waals surface area contributed by atoms with Crippen molar-refractivity contribution in [1.82, 2.24) is 5.32 Å². The molecule has 0 saturated carbocycles. The summed E-state index contributed by atoms with van der Waals surface area (Å²) in [4.78, 5) is 24.2. The number of esters is 1. The second-order valence-corrected chi connectivity index (χ2v) is 6.96. The van der Waals surface area contributed by atoms with Gasteiger partial charge in [0.25, 0.3) is 16.0 Å². The van der Waals surface area contributed by atoms with Crippen LogP contribution in [0.25, 0.3) is 0 Å². The maximum atomic E-state index is 12.5. The summed E-state index contributed by atoms with van der Waals surface area (Å²) in [6.45, 7) is 2.05. The lowest BCUT2D eigenvalue weighted by molar-refractivity contribution is -0.142. The van der Waals surface area contributed by atoms with Crippen molar-refractivity contribution in [2.45, 2.75) is 38.6 Å². The Morgan fingerprint density at radius 1 is 1.29 bits per heavy atom. The molecule has 0 spiro atoms. The molecule has 2 N–H and O–H groups in total. The van der Waals surface area contributed by atoms with Crippen LogP contribution < -0.4 is 5.32 Å². The lowest BCUT2D eigenvalue weighted by Gasteiger charge is -2.17. The van der Waals surface area contributed by atoms with Crippen LogP contribution in [0.4, 0.5) is 0 Å².